The third-order valence-electron chi connectivity index (χ3n) is 3.60. The molecular formula is C18H16F3N3OS2. The van der Waals surface area contributed by atoms with E-state index in [1.807, 2.05) is 0 Å². The Hall–Kier alpha value is -2.26. The number of nitrogens with zero attached hydrogens (tertiary/aromatic N) is 2. The zero-order chi connectivity index (χ0) is 19.4. The summed E-state index contributed by atoms with van der Waals surface area (Å²) in [5.41, 5.74) is 4.31. The van der Waals surface area contributed by atoms with Crippen molar-refractivity contribution < 1.29 is 17.9 Å². The molecule has 27 heavy (non-hydrogen) atoms. The van der Waals surface area contributed by atoms with Crippen molar-refractivity contribution in [1.29, 1.82) is 0 Å². The molecule has 0 bridgehead atoms. The quantitative estimate of drug-likeness (QED) is 0.498. The number of halogens is 3. The SMILES string of the molecule is Cc1ccc(C)c(CSc2nnc(Nc3ccc(OC(F)(F)F)cc3)s2)c1. The lowest BCUT2D eigenvalue weighted by molar-refractivity contribution is -0.274. The average Bonchev–Trinajstić information content (AvgIpc) is 3.04. The molecule has 1 heterocycles. The van der Waals surface area contributed by atoms with Crippen LogP contribution in [0.15, 0.2) is 46.8 Å². The van der Waals surface area contributed by atoms with Crippen LogP contribution in [0.3, 0.4) is 0 Å². The maximum atomic E-state index is 12.2. The third-order valence-corrected chi connectivity index (χ3v) is 5.62. The topological polar surface area (TPSA) is 47.0 Å². The van der Waals surface area contributed by atoms with Gasteiger partial charge in [0.1, 0.15) is 5.75 Å². The zero-order valence-electron chi connectivity index (χ0n) is 14.5. The van der Waals surface area contributed by atoms with Gasteiger partial charge in [0, 0.05) is 11.4 Å². The first-order valence-electron chi connectivity index (χ1n) is 7.94. The Morgan fingerprint density at radius 3 is 2.52 bits per heavy atom. The monoisotopic (exact) mass is 411 g/mol. The summed E-state index contributed by atoms with van der Waals surface area (Å²) < 4.78 is 41.2. The zero-order valence-corrected chi connectivity index (χ0v) is 16.1. The average molecular weight is 411 g/mol. The maximum absolute atomic E-state index is 12.2. The van der Waals surface area contributed by atoms with Gasteiger partial charge in [0.15, 0.2) is 4.34 Å². The number of ether oxygens (including phenoxy) is 1. The van der Waals surface area contributed by atoms with Crippen LogP contribution in [0.5, 0.6) is 5.75 Å². The number of benzene rings is 2. The van der Waals surface area contributed by atoms with Crippen LogP contribution < -0.4 is 10.1 Å². The molecule has 1 aromatic heterocycles. The fourth-order valence-corrected chi connectivity index (χ4v) is 4.11. The van der Waals surface area contributed by atoms with Crippen LogP contribution in [0, 0.1) is 13.8 Å². The van der Waals surface area contributed by atoms with Crippen LogP contribution in [-0.2, 0) is 5.75 Å². The number of hydrogen-bond acceptors (Lipinski definition) is 6. The normalized spacial score (nSPS) is 11.4. The highest BCUT2D eigenvalue weighted by atomic mass is 32.2. The van der Waals surface area contributed by atoms with Gasteiger partial charge in [-0.1, -0.05) is 46.9 Å². The second-order valence-electron chi connectivity index (χ2n) is 5.79. The lowest BCUT2D eigenvalue weighted by Crippen LogP contribution is -2.16. The first-order chi connectivity index (χ1) is 12.8. The first-order valence-corrected chi connectivity index (χ1v) is 9.74. The summed E-state index contributed by atoms with van der Waals surface area (Å²) in [6, 6.07) is 11.8. The largest absolute Gasteiger partial charge is 0.573 e. The van der Waals surface area contributed by atoms with E-state index in [1.54, 1.807) is 11.8 Å². The first kappa shape index (κ1) is 19.5. The van der Waals surface area contributed by atoms with Crippen molar-refractivity contribution in [3.63, 3.8) is 0 Å². The van der Waals surface area contributed by atoms with Crippen LogP contribution >= 0.6 is 23.1 Å². The van der Waals surface area contributed by atoms with Crippen LogP contribution in [-0.4, -0.2) is 16.6 Å². The third kappa shape index (κ3) is 5.86. The summed E-state index contributed by atoms with van der Waals surface area (Å²) in [7, 11) is 0. The molecule has 0 aliphatic rings. The minimum atomic E-state index is -4.70. The molecule has 0 unspecified atom stereocenters. The second-order valence-corrected chi connectivity index (χ2v) is 7.99. The molecule has 0 radical (unpaired) electrons. The van der Waals surface area contributed by atoms with Gasteiger partial charge in [-0.15, -0.1) is 23.4 Å². The molecule has 0 amide bonds. The Morgan fingerprint density at radius 1 is 1.07 bits per heavy atom. The lowest BCUT2D eigenvalue weighted by Gasteiger charge is -2.09. The van der Waals surface area contributed by atoms with E-state index in [1.165, 1.54) is 52.3 Å². The van der Waals surface area contributed by atoms with Gasteiger partial charge in [-0.3, -0.25) is 0 Å². The maximum Gasteiger partial charge on any atom is 0.573 e. The summed E-state index contributed by atoms with van der Waals surface area (Å²) in [6.07, 6.45) is -4.70. The van der Waals surface area contributed by atoms with E-state index in [2.05, 4.69) is 52.3 Å². The Balaban J connectivity index is 1.58. The van der Waals surface area contributed by atoms with E-state index in [4.69, 9.17) is 0 Å². The molecule has 0 spiro atoms. The number of rotatable bonds is 6. The molecule has 0 aliphatic heterocycles. The summed E-state index contributed by atoms with van der Waals surface area (Å²) in [6.45, 7) is 4.14. The van der Waals surface area contributed by atoms with Gasteiger partial charge in [0.2, 0.25) is 5.13 Å². The fraction of sp³-hybridized carbons (Fsp3) is 0.222. The molecule has 3 rings (SSSR count). The number of anilines is 2. The van der Waals surface area contributed by atoms with E-state index in [0.717, 1.165) is 10.1 Å². The summed E-state index contributed by atoms with van der Waals surface area (Å²) in [5.74, 6) is 0.529. The van der Waals surface area contributed by atoms with Crippen molar-refractivity contribution in [2.45, 2.75) is 30.3 Å². The second kappa shape index (κ2) is 8.18. The number of hydrogen-bond donors (Lipinski definition) is 1. The number of alkyl halides is 3. The van der Waals surface area contributed by atoms with Crippen LogP contribution in [0.1, 0.15) is 16.7 Å². The molecule has 0 fully saturated rings. The van der Waals surface area contributed by atoms with E-state index >= 15 is 0 Å². The molecule has 0 atom stereocenters. The molecular weight excluding hydrogens is 395 g/mol. The minimum absolute atomic E-state index is 0.268. The standard InChI is InChI=1S/C18H16F3N3OS2/c1-11-3-4-12(2)13(9-11)10-26-17-24-23-16(27-17)22-14-5-7-15(8-6-14)25-18(19,20)21/h3-9H,10H2,1-2H3,(H,22,23). The highest BCUT2D eigenvalue weighted by molar-refractivity contribution is 8.00. The van der Waals surface area contributed by atoms with E-state index in [-0.39, 0.29) is 5.75 Å². The predicted molar refractivity (Wildman–Crippen MR) is 102 cm³/mol. The van der Waals surface area contributed by atoms with E-state index in [0.29, 0.717) is 10.8 Å². The Labute approximate surface area is 162 Å². The van der Waals surface area contributed by atoms with Crippen molar-refractivity contribution in [2.75, 3.05) is 5.32 Å². The molecule has 2 aromatic carbocycles. The van der Waals surface area contributed by atoms with E-state index < -0.39 is 6.36 Å². The molecule has 0 saturated heterocycles. The fourth-order valence-electron chi connectivity index (χ4n) is 2.28. The van der Waals surface area contributed by atoms with Gasteiger partial charge < -0.3 is 10.1 Å². The Morgan fingerprint density at radius 2 is 1.81 bits per heavy atom. The molecule has 3 aromatic rings. The summed E-state index contributed by atoms with van der Waals surface area (Å²) in [5, 5.41) is 11.8. The van der Waals surface area contributed by atoms with Gasteiger partial charge in [-0.05, 0) is 49.2 Å². The van der Waals surface area contributed by atoms with Crippen molar-refractivity contribution >= 4 is 33.9 Å². The van der Waals surface area contributed by atoms with Crippen LogP contribution in [0.25, 0.3) is 0 Å². The predicted octanol–water partition coefficient (Wildman–Crippen LogP) is 6.09. The summed E-state index contributed by atoms with van der Waals surface area (Å²) >= 11 is 2.99. The molecule has 1 N–H and O–H groups in total. The number of thioether (sulfide) groups is 1. The van der Waals surface area contributed by atoms with Gasteiger partial charge >= 0.3 is 6.36 Å². The molecule has 0 aliphatic carbocycles. The highest BCUT2D eigenvalue weighted by Gasteiger charge is 2.30. The Bertz CT molecular complexity index is 911. The van der Waals surface area contributed by atoms with Crippen LogP contribution in [0.4, 0.5) is 24.0 Å². The van der Waals surface area contributed by atoms with Crippen LogP contribution in [0.2, 0.25) is 0 Å². The summed E-state index contributed by atoms with van der Waals surface area (Å²) in [4.78, 5) is 0. The van der Waals surface area contributed by atoms with Gasteiger partial charge in [0.05, 0.1) is 0 Å². The number of aryl methyl sites for hydroxylation is 2. The highest BCUT2D eigenvalue weighted by Crippen LogP contribution is 2.31. The molecule has 9 heteroatoms. The van der Waals surface area contributed by atoms with Gasteiger partial charge in [-0.2, -0.15) is 0 Å². The number of aromatic nitrogens is 2. The number of nitrogens with one attached hydrogen (secondary N) is 1. The minimum Gasteiger partial charge on any atom is -0.406 e. The van der Waals surface area contributed by atoms with Gasteiger partial charge in [-0.25, -0.2) is 0 Å². The lowest BCUT2D eigenvalue weighted by atomic mass is 10.1. The Kier molecular flexibility index (Phi) is 5.91. The smallest absolute Gasteiger partial charge is 0.406 e. The van der Waals surface area contributed by atoms with Crippen molar-refractivity contribution in [1.82, 2.24) is 10.2 Å². The van der Waals surface area contributed by atoms with Gasteiger partial charge in [0.25, 0.3) is 0 Å². The van der Waals surface area contributed by atoms with Crippen molar-refractivity contribution in [3.05, 3.63) is 59.2 Å². The van der Waals surface area contributed by atoms with Crippen molar-refractivity contribution in [3.8, 4) is 5.75 Å². The molecule has 0 saturated carbocycles. The molecule has 142 valence electrons. The molecule has 4 nitrogen and oxygen atoms in total. The van der Waals surface area contributed by atoms with Crippen molar-refractivity contribution in [2.24, 2.45) is 0 Å². The van der Waals surface area contributed by atoms with E-state index in [9.17, 15) is 13.2 Å².